The normalized spacial score (nSPS) is 11.4. The molecule has 0 atom stereocenters. The van der Waals surface area contributed by atoms with E-state index in [1.54, 1.807) is 6.92 Å². The average Bonchev–Trinajstić information content (AvgIpc) is 2.39. The Morgan fingerprint density at radius 3 is 2.62 bits per heavy atom. The monoisotopic (exact) mass is 349 g/mol. The summed E-state index contributed by atoms with van der Waals surface area (Å²) in [4.78, 5) is 3.41. The molecule has 0 saturated carbocycles. The van der Waals surface area contributed by atoms with Gasteiger partial charge < -0.3 is 5.73 Å². The highest BCUT2D eigenvalue weighted by atomic mass is 35.5. The van der Waals surface area contributed by atoms with Crippen LogP contribution in [-0.2, 0) is 10.0 Å². The molecule has 0 aliphatic heterocycles. The van der Waals surface area contributed by atoms with Gasteiger partial charge in [-0.3, -0.25) is 4.72 Å². The Balaban J connectivity index is 2.43. The van der Waals surface area contributed by atoms with Gasteiger partial charge in [0.15, 0.2) is 5.82 Å². The zero-order valence-electron chi connectivity index (χ0n) is 10.7. The first kappa shape index (κ1) is 15.8. The Morgan fingerprint density at radius 2 is 2.00 bits per heavy atom. The molecule has 21 heavy (non-hydrogen) atoms. The molecule has 0 bridgehead atoms. The van der Waals surface area contributed by atoms with E-state index >= 15 is 0 Å². The fourth-order valence-electron chi connectivity index (χ4n) is 1.53. The van der Waals surface area contributed by atoms with Gasteiger partial charge >= 0.3 is 0 Å². The lowest BCUT2D eigenvalue weighted by molar-refractivity contribution is 0.595. The van der Waals surface area contributed by atoms with Crippen LogP contribution < -0.4 is 10.5 Å². The van der Waals surface area contributed by atoms with Crippen LogP contribution in [0.25, 0.3) is 0 Å². The summed E-state index contributed by atoms with van der Waals surface area (Å²) in [6.07, 6.45) is 1.32. The Hall–Kier alpha value is -1.57. The van der Waals surface area contributed by atoms with E-state index in [4.69, 9.17) is 28.9 Å². The van der Waals surface area contributed by atoms with Crippen molar-refractivity contribution in [2.24, 2.45) is 0 Å². The summed E-state index contributed by atoms with van der Waals surface area (Å²) in [6.45, 7) is 1.70. The molecule has 0 spiro atoms. The van der Waals surface area contributed by atoms with Crippen LogP contribution in [-0.4, -0.2) is 13.4 Å². The summed E-state index contributed by atoms with van der Waals surface area (Å²) in [7, 11) is -4.10. The van der Waals surface area contributed by atoms with Crippen LogP contribution in [0, 0.1) is 12.7 Å². The van der Waals surface area contributed by atoms with Crippen molar-refractivity contribution < 1.29 is 12.8 Å². The molecule has 0 unspecified atom stereocenters. The molecule has 112 valence electrons. The second kappa shape index (κ2) is 5.67. The number of pyridine rings is 1. The molecule has 0 aliphatic rings. The fraction of sp³-hybridized carbons (Fsp3) is 0.0833. The minimum Gasteiger partial charge on any atom is -0.397 e. The zero-order valence-corrected chi connectivity index (χ0v) is 13.0. The number of aryl methyl sites for hydroxylation is 1. The number of sulfonamides is 1. The molecular formula is C12H10Cl2FN3O2S. The van der Waals surface area contributed by atoms with E-state index in [2.05, 4.69) is 9.71 Å². The van der Waals surface area contributed by atoms with Gasteiger partial charge in [0.05, 0.1) is 21.9 Å². The molecule has 9 heteroatoms. The summed E-state index contributed by atoms with van der Waals surface area (Å²) in [5, 5.41) is -0.845. The van der Waals surface area contributed by atoms with Gasteiger partial charge in [-0.25, -0.2) is 17.8 Å². The number of halogens is 3. The third-order valence-corrected chi connectivity index (χ3v) is 4.85. The molecule has 2 rings (SSSR count). The van der Waals surface area contributed by atoms with Crippen molar-refractivity contribution in [3.05, 3.63) is 45.8 Å². The quantitative estimate of drug-likeness (QED) is 0.833. The zero-order chi connectivity index (χ0) is 15.8. The molecule has 0 radical (unpaired) electrons. The van der Waals surface area contributed by atoms with Crippen molar-refractivity contribution in [1.82, 2.24) is 4.98 Å². The number of anilines is 2. The van der Waals surface area contributed by atoms with Gasteiger partial charge in [0, 0.05) is 0 Å². The van der Waals surface area contributed by atoms with Gasteiger partial charge in [-0.1, -0.05) is 23.2 Å². The third-order valence-electron chi connectivity index (χ3n) is 2.68. The number of nitrogens with zero attached hydrogens (tertiary/aromatic N) is 1. The third kappa shape index (κ3) is 3.20. The van der Waals surface area contributed by atoms with Crippen LogP contribution in [0.5, 0.6) is 0 Å². The lowest BCUT2D eigenvalue weighted by Gasteiger charge is -2.10. The Kier molecular flexibility index (Phi) is 4.27. The molecule has 0 saturated heterocycles. The lowest BCUT2D eigenvalue weighted by Crippen LogP contribution is -2.15. The number of nitrogens with one attached hydrogen (secondary N) is 1. The predicted molar refractivity (Wildman–Crippen MR) is 80.6 cm³/mol. The first-order valence-corrected chi connectivity index (χ1v) is 7.84. The first-order chi connectivity index (χ1) is 9.72. The Morgan fingerprint density at radius 1 is 1.33 bits per heavy atom. The van der Waals surface area contributed by atoms with Gasteiger partial charge in [-0.05, 0) is 30.7 Å². The molecule has 1 aromatic carbocycles. The van der Waals surface area contributed by atoms with E-state index in [-0.39, 0.29) is 10.8 Å². The lowest BCUT2D eigenvalue weighted by atomic mass is 10.2. The number of benzene rings is 1. The summed E-state index contributed by atoms with van der Waals surface area (Å²) < 4.78 is 40.2. The summed E-state index contributed by atoms with van der Waals surface area (Å²) in [6, 6.07) is 3.67. The maximum Gasteiger partial charge on any atom is 0.264 e. The molecule has 3 N–H and O–H groups in total. The molecule has 1 aromatic heterocycles. The van der Waals surface area contributed by atoms with E-state index in [9.17, 15) is 12.8 Å². The van der Waals surface area contributed by atoms with E-state index < -0.39 is 25.8 Å². The highest BCUT2D eigenvalue weighted by molar-refractivity contribution is 7.92. The van der Waals surface area contributed by atoms with Crippen molar-refractivity contribution in [2.75, 3.05) is 10.5 Å². The van der Waals surface area contributed by atoms with Gasteiger partial charge in [0.25, 0.3) is 10.0 Å². The highest BCUT2D eigenvalue weighted by Gasteiger charge is 2.22. The van der Waals surface area contributed by atoms with Gasteiger partial charge in [-0.15, -0.1) is 0 Å². The molecule has 0 aliphatic carbocycles. The number of aromatic nitrogens is 1. The van der Waals surface area contributed by atoms with E-state index in [1.165, 1.54) is 12.3 Å². The molecule has 0 fully saturated rings. The number of nitrogen functional groups attached to an aromatic ring is 1. The van der Waals surface area contributed by atoms with Gasteiger partial charge in [0.2, 0.25) is 0 Å². The van der Waals surface area contributed by atoms with E-state index in [0.717, 1.165) is 12.1 Å². The fourth-order valence-corrected chi connectivity index (χ4v) is 3.28. The minimum absolute atomic E-state index is 0.0492. The van der Waals surface area contributed by atoms with E-state index in [1.807, 2.05) is 0 Å². The maximum atomic E-state index is 13.6. The standard InChI is InChI=1S/C12H10Cl2FN3O2S/c1-6-4-10(17-5-8(6)16)18-21(19,20)9-3-2-7(13)12(15)11(9)14/h2-5H,16H2,1H3,(H,17,18). The number of nitrogens with two attached hydrogens (primary N) is 1. The van der Waals surface area contributed by atoms with Crippen LogP contribution in [0.15, 0.2) is 29.3 Å². The highest BCUT2D eigenvalue weighted by Crippen LogP contribution is 2.30. The van der Waals surface area contributed by atoms with Gasteiger partial charge in [0.1, 0.15) is 10.7 Å². The van der Waals surface area contributed by atoms with Crippen LogP contribution in [0.4, 0.5) is 15.9 Å². The van der Waals surface area contributed by atoms with Gasteiger partial charge in [-0.2, -0.15) is 0 Å². The largest absolute Gasteiger partial charge is 0.397 e. The SMILES string of the molecule is Cc1cc(NS(=O)(=O)c2ccc(Cl)c(F)c2Cl)ncc1N. The van der Waals surface area contributed by atoms with Crippen molar-refractivity contribution in [3.8, 4) is 0 Å². The average molecular weight is 350 g/mol. The smallest absolute Gasteiger partial charge is 0.264 e. The molecule has 0 amide bonds. The predicted octanol–water partition coefficient (Wildman–Crippen LogP) is 3.22. The second-order valence-electron chi connectivity index (χ2n) is 4.21. The van der Waals surface area contributed by atoms with Crippen molar-refractivity contribution in [1.29, 1.82) is 0 Å². The minimum atomic E-state index is -4.10. The first-order valence-electron chi connectivity index (χ1n) is 5.61. The Labute approximate surface area is 130 Å². The molecule has 1 heterocycles. The van der Waals surface area contributed by atoms with Crippen LogP contribution >= 0.6 is 23.2 Å². The maximum absolute atomic E-state index is 13.6. The summed E-state index contributed by atoms with van der Waals surface area (Å²) in [5.41, 5.74) is 6.67. The van der Waals surface area contributed by atoms with Crippen molar-refractivity contribution in [2.45, 2.75) is 11.8 Å². The van der Waals surface area contributed by atoms with Crippen LogP contribution in [0.1, 0.15) is 5.56 Å². The van der Waals surface area contributed by atoms with E-state index in [0.29, 0.717) is 11.3 Å². The number of hydrogen-bond acceptors (Lipinski definition) is 4. The summed E-state index contributed by atoms with van der Waals surface area (Å²) >= 11 is 11.2. The molecule has 5 nitrogen and oxygen atoms in total. The molecular weight excluding hydrogens is 340 g/mol. The van der Waals surface area contributed by atoms with Crippen LogP contribution in [0.3, 0.4) is 0 Å². The molecule has 2 aromatic rings. The number of hydrogen-bond donors (Lipinski definition) is 2. The topological polar surface area (TPSA) is 85.1 Å². The van der Waals surface area contributed by atoms with Crippen molar-refractivity contribution in [3.63, 3.8) is 0 Å². The Bertz CT molecular complexity index is 812. The summed E-state index contributed by atoms with van der Waals surface area (Å²) in [5.74, 6) is -0.948. The van der Waals surface area contributed by atoms with Crippen molar-refractivity contribution >= 4 is 44.7 Å². The second-order valence-corrected chi connectivity index (χ2v) is 6.64. The van der Waals surface area contributed by atoms with Crippen LogP contribution in [0.2, 0.25) is 10.0 Å². The number of rotatable bonds is 3.